The Morgan fingerprint density at radius 2 is 1.62 bits per heavy atom. The average molecular weight is 185 g/mol. The molecule has 0 heterocycles. The normalized spacial score (nSPS) is 15.0. The molecule has 0 bridgehead atoms. The molecule has 0 saturated carbocycles. The maximum Gasteiger partial charge on any atom is 0.00411 e. The van der Waals surface area contributed by atoms with Crippen LogP contribution < -0.4 is 5.32 Å². The number of rotatable bonds is 5. The highest BCUT2D eigenvalue weighted by Gasteiger charge is 2.10. The Kier molecular flexibility index (Phi) is 5.62. The largest absolute Gasteiger partial charge is 0.314 e. The zero-order valence-electron chi connectivity index (χ0n) is 10.3. The highest BCUT2D eigenvalue weighted by molar-refractivity contribution is 4.67. The van der Waals surface area contributed by atoms with Crippen LogP contribution in [0.2, 0.25) is 0 Å². The van der Waals surface area contributed by atoms with Crippen LogP contribution in [0.5, 0.6) is 0 Å². The van der Waals surface area contributed by atoms with Crippen LogP contribution in [0.1, 0.15) is 54.4 Å². The standard InChI is InChI=1S/C12H27N/c1-10(2)9-11(3)13-8-7-12(4,5)6/h10-11,13H,7-9H2,1-6H3. The van der Waals surface area contributed by atoms with E-state index < -0.39 is 0 Å². The third-order valence-corrected chi connectivity index (χ3v) is 2.19. The Morgan fingerprint density at radius 3 is 2.00 bits per heavy atom. The monoisotopic (exact) mass is 185 g/mol. The van der Waals surface area contributed by atoms with Crippen LogP contribution in [-0.2, 0) is 0 Å². The smallest absolute Gasteiger partial charge is 0.00411 e. The van der Waals surface area contributed by atoms with Crippen molar-refractivity contribution < 1.29 is 0 Å². The van der Waals surface area contributed by atoms with Gasteiger partial charge >= 0.3 is 0 Å². The molecule has 0 rings (SSSR count). The highest BCUT2D eigenvalue weighted by atomic mass is 14.9. The SMILES string of the molecule is CC(C)CC(C)NCCC(C)(C)C. The van der Waals surface area contributed by atoms with Crippen molar-refractivity contribution in [1.82, 2.24) is 5.32 Å². The third kappa shape index (κ3) is 9.88. The average Bonchev–Trinajstić information content (AvgIpc) is 1.81. The van der Waals surface area contributed by atoms with E-state index in [1.807, 2.05) is 0 Å². The highest BCUT2D eigenvalue weighted by Crippen LogP contribution is 2.17. The van der Waals surface area contributed by atoms with Crippen LogP contribution in [0, 0.1) is 11.3 Å². The van der Waals surface area contributed by atoms with Crippen molar-refractivity contribution in [2.24, 2.45) is 11.3 Å². The lowest BCUT2D eigenvalue weighted by Crippen LogP contribution is -2.30. The Bertz CT molecular complexity index is 122. The fourth-order valence-corrected chi connectivity index (χ4v) is 1.48. The van der Waals surface area contributed by atoms with Crippen LogP contribution in [0.25, 0.3) is 0 Å². The first kappa shape index (κ1) is 13.0. The van der Waals surface area contributed by atoms with E-state index >= 15 is 0 Å². The summed E-state index contributed by atoms with van der Waals surface area (Å²) in [6.45, 7) is 14.9. The van der Waals surface area contributed by atoms with Gasteiger partial charge < -0.3 is 5.32 Å². The summed E-state index contributed by atoms with van der Waals surface area (Å²) < 4.78 is 0. The summed E-state index contributed by atoms with van der Waals surface area (Å²) in [4.78, 5) is 0. The molecule has 80 valence electrons. The number of hydrogen-bond acceptors (Lipinski definition) is 1. The minimum atomic E-state index is 0.463. The van der Waals surface area contributed by atoms with Crippen molar-refractivity contribution in [3.63, 3.8) is 0 Å². The Hall–Kier alpha value is -0.0400. The second kappa shape index (κ2) is 5.64. The lowest BCUT2D eigenvalue weighted by atomic mass is 9.92. The molecular formula is C12H27N. The van der Waals surface area contributed by atoms with Crippen LogP contribution in [-0.4, -0.2) is 12.6 Å². The van der Waals surface area contributed by atoms with E-state index in [0.717, 1.165) is 12.5 Å². The number of hydrogen-bond donors (Lipinski definition) is 1. The Balaban J connectivity index is 3.42. The molecule has 0 aromatic carbocycles. The molecule has 0 amide bonds. The van der Waals surface area contributed by atoms with Gasteiger partial charge in [-0.3, -0.25) is 0 Å². The van der Waals surface area contributed by atoms with E-state index in [0.29, 0.717) is 11.5 Å². The van der Waals surface area contributed by atoms with Gasteiger partial charge in [-0.25, -0.2) is 0 Å². The van der Waals surface area contributed by atoms with Gasteiger partial charge in [0.1, 0.15) is 0 Å². The van der Waals surface area contributed by atoms with E-state index in [-0.39, 0.29) is 0 Å². The predicted molar refractivity (Wildman–Crippen MR) is 61.0 cm³/mol. The molecule has 1 heteroatoms. The molecule has 1 atom stereocenters. The van der Waals surface area contributed by atoms with Gasteiger partial charge in [0.05, 0.1) is 0 Å². The van der Waals surface area contributed by atoms with Crippen LogP contribution in [0.3, 0.4) is 0 Å². The maximum absolute atomic E-state index is 3.57. The summed E-state index contributed by atoms with van der Waals surface area (Å²) >= 11 is 0. The molecular weight excluding hydrogens is 158 g/mol. The van der Waals surface area contributed by atoms with Gasteiger partial charge in [-0.05, 0) is 37.6 Å². The summed E-state index contributed by atoms with van der Waals surface area (Å²) in [5.74, 6) is 0.803. The molecule has 0 saturated heterocycles. The lowest BCUT2D eigenvalue weighted by molar-refractivity contribution is 0.345. The van der Waals surface area contributed by atoms with E-state index in [1.165, 1.54) is 12.8 Å². The first-order valence-electron chi connectivity index (χ1n) is 5.54. The molecule has 13 heavy (non-hydrogen) atoms. The molecule has 0 aromatic heterocycles. The van der Waals surface area contributed by atoms with E-state index in [2.05, 4.69) is 46.9 Å². The third-order valence-electron chi connectivity index (χ3n) is 2.19. The Morgan fingerprint density at radius 1 is 1.08 bits per heavy atom. The topological polar surface area (TPSA) is 12.0 Å². The molecule has 1 N–H and O–H groups in total. The van der Waals surface area contributed by atoms with Crippen molar-refractivity contribution in [2.75, 3.05) is 6.54 Å². The molecule has 0 aromatic rings. The van der Waals surface area contributed by atoms with Gasteiger partial charge in [0.2, 0.25) is 0 Å². The van der Waals surface area contributed by atoms with Gasteiger partial charge in [0, 0.05) is 6.04 Å². The second-order valence-electron chi connectivity index (χ2n) is 5.80. The minimum Gasteiger partial charge on any atom is -0.314 e. The van der Waals surface area contributed by atoms with E-state index in [1.54, 1.807) is 0 Å². The van der Waals surface area contributed by atoms with Crippen LogP contribution >= 0.6 is 0 Å². The maximum atomic E-state index is 3.57. The summed E-state index contributed by atoms with van der Waals surface area (Å²) in [6, 6.07) is 0.669. The quantitative estimate of drug-likeness (QED) is 0.692. The predicted octanol–water partition coefficient (Wildman–Crippen LogP) is 3.45. The lowest BCUT2D eigenvalue weighted by Gasteiger charge is -2.21. The summed E-state index contributed by atoms with van der Waals surface area (Å²) in [5, 5.41) is 3.57. The molecule has 0 spiro atoms. The summed E-state index contributed by atoms with van der Waals surface area (Å²) in [6.07, 6.45) is 2.54. The van der Waals surface area contributed by atoms with Gasteiger partial charge in [-0.2, -0.15) is 0 Å². The molecule has 0 fully saturated rings. The van der Waals surface area contributed by atoms with Gasteiger partial charge in [-0.1, -0.05) is 34.6 Å². The molecule has 0 radical (unpaired) electrons. The van der Waals surface area contributed by atoms with Crippen LogP contribution in [0.15, 0.2) is 0 Å². The van der Waals surface area contributed by atoms with Crippen molar-refractivity contribution >= 4 is 0 Å². The fourth-order valence-electron chi connectivity index (χ4n) is 1.48. The van der Waals surface area contributed by atoms with Crippen molar-refractivity contribution in [3.05, 3.63) is 0 Å². The Labute approximate surface area is 84.3 Å². The van der Waals surface area contributed by atoms with Gasteiger partial charge in [-0.15, -0.1) is 0 Å². The van der Waals surface area contributed by atoms with E-state index in [9.17, 15) is 0 Å². The first-order chi connectivity index (χ1) is 5.81. The van der Waals surface area contributed by atoms with E-state index in [4.69, 9.17) is 0 Å². The molecule has 0 aliphatic carbocycles. The van der Waals surface area contributed by atoms with Crippen molar-refractivity contribution in [2.45, 2.75) is 60.4 Å². The summed E-state index contributed by atoms with van der Waals surface area (Å²) in [5.41, 5.74) is 0.463. The van der Waals surface area contributed by atoms with Gasteiger partial charge in [0.15, 0.2) is 0 Å². The van der Waals surface area contributed by atoms with Crippen molar-refractivity contribution in [3.8, 4) is 0 Å². The summed E-state index contributed by atoms with van der Waals surface area (Å²) in [7, 11) is 0. The van der Waals surface area contributed by atoms with Crippen LogP contribution in [0.4, 0.5) is 0 Å². The second-order valence-corrected chi connectivity index (χ2v) is 5.80. The fraction of sp³-hybridized carbons (Fsp3) is 1.00. The molecule has 0 aliphatic rings. The first-order valence-corrected chi connectivity index (χ1v) is 5.54. The molecule has 1 unspecified atom stereocenters. The van der Waals surface area contributed by atoms with Crippen molar-refractivity contribution in [1.29, 1.82) is 0 Å². The molecule has 0 aliphatic heterocycles. The number of nitrogens with one attached hydrogen (secondary N) is 1. The molecule has 1 nitrogen and oxygen atoms in total. The zero-order chi connectivity index (χ0) is 10.5. The minimum absolute atomic E-state index is 0.463. The van der Waals surface area contributed by atoms with Gasteiger partial charge in [0.25, 0.3) is 0 Å². The zero-order valence-corrected chi connectivity index (χ0v) is 10.3.